The molecule has 13 heteroatoms. The molecule has 0 radical (unpaired) electrons. The number of nitrogens with one attached hydrogen (secondary N) is 1. The van der Waals surface area contributed by atoms with Crippen molar-refractivity contribution in [3.8, 4) is 11.5 Å². The van der Waals surface area contributed by atoms with Gasteiger partial charge < -0.3 is 29.5 Å². The summed E-state index contributed by atoms with van der Waals surface area (Å²) in [7, 11) is 0. The molecule has 164 valence electrons. The van der Waals surface area contributed by atoms with Crippen molar-refractivity contribution in [3.63, 3.8) is 0 Å². The molecule has 1 aliphatic rings. The highest BCUT2D eigenvalue weighted by Crippen LogP contribution is 2.31. The van der Waals surface area contributed by atoms with Gasteiger partial charge in [0.2, 0.25) is 5.91 Å². The van der Waals surface area contributed by atoms with Gasteiger partial charge in [-0.15, -0.1) is 0 Å². The number of carbonyl (C=O) groups is 3. The van der Waals surface area contributed by atoms with Crippen molar-refractivity contribution < 1.29 is 43.2 Å². The van der Waals surface area contributed by atoms with E-state index in [9.17, 15) is 38.5 Å². The number of hydrogen-bond acceptors (Lipinski definition) is 8. The Balaban J connectivity index is 2.05. The van der Waals surface area contributed by atoms with E-state index in [4.69, 9.17) is 4.74 Å². The average molecular weight is 443 g/mol. The number of carboxylic acid groups (broad SMARTS) is 1. The van der Waals surface area contributed by atoms with E-state index in [1.165, 1.54) is 18.2 Å². The predicted molar refractivity (Wildman–Crippen MR) is 103 cm³/mol. The second kappa shape index (κ2) is 9.09. The molecule has 0 aromatic heterocycles. The molecule has 2 rings (SSSR count). The number of rotatable bonds is 8. The van der Waals surface area contributed by atoms with Gasteiger partial charge in [0.25, 0.3) is 0 Å². The number of β-lactam (4-membered cyclic amide) rings is 1. The Kier molecular flexibility index (Phi) is 7.00. The van der Waals surface area contributed by atoms with Crippen LogP contribution in [0.3, 0.4) is 0 Å². The van der Waals surface area contributed by atoms with E-state index in [0.717, 1.165) is 18.0 Å². The van der Waals surface area contributed by atoms with E-state index < -0.39 is 58.2 Å². The first-order valence-corrected chi connectivity index (χ1v) is 9.70. The molecule has 1 fully saturated rings. The van der Waals surface area contributed by atoms with E-state index in [1.54, 1.807) is 6.92 Å². The third-order valence-electron chi connectivity index (χ3n) is 4.58. The minimum absolute atomic E-state index is 0.112. The fraction of sp³-hybridized carbons (Fsp3) is 0.412. The molecule has 4 atom stereocenters. The summed E-state index contributed by atoms with van der Waals surface area (Å²) in [5, 5.41) is 31.7. The number of amides is 2. The number of hydrazone groups is 1. The van der Waals surface area contributed by atoms with Crippen LogP contribution < -0.4 is 5.43 Å². The number of aliphatic carboxylic acids is 1. The molecule has 1 saturated heterocycles. The Labute approximate surface area is 173 Å². The number of hydrogen-bond donors (Lipinski definition) is 5. The smallest absolute Gasteiger partial charge is 0.427 e. The molecule has 1 unspecified atom stereocenters. The summed E-state index contributed by atoms with van der Waals surface area (Å²) >= 11 is -2.76. The van der Waals surface area contributed by atoms with Crippen molar-refractivity contribution in [2.24, 2.45) is 5.10 Å². The van der Waals surface area contributed by atoms with Crippen LogP contribution >= 0.6 is 0 Å². The third kappa shape index (κ3) is 4.86. The van der Waals surface area contributed by atoms with Gasteiger partial charge in [-0.3, -0.25) is 4.79 Å². The summed E-state index contributed by atoms with van der Waals surface area (Å²) in [6.45, 7) is 1.93. The molecule has 30 heavy (non-hydrogen) atoms. The number of carbonyl (C=O) groups excluding carboxylic acids is 2. The van der Waals surface area contributed by atoms with Gasteiger partial charge in [0.15, 0.2) is 28.6 Å². The Hall–Kier alpha value is -3.19. The van der Waals surface area contributed by atoms with Gasteiger partial charge in [0.1, 0.15) is 11.4 Å². The maximum atomic E-state index is 11.9. The Bertz CT molecular complexity index is 906. The number of carboxylic acids is 1. The van der Waals surface area contributed by atoms with Crippen molar-refractivity contribution in [2.75, 3.05) is 6.61 Å². The van der Waals surface area contributed by atoms with E-state index in [-0.39, 0.29) is 12.2 Å². The fourth-order valence-corrected chi connectivity index (χ4v) is 3.47. The Morgan fingerprint density at radius 3 is 2.60 bits per heavy atom. The molecular weight excluding hydrogens is 422 g/mol. The van der Waals surface area contributed by atoms with Crippen LogP contribution in [0.1, 0.15) is 25.8 Å². The molecule has 12 nitrogen and oxygen atoms in total. The molecule has 1 aromatic carbocycles. The van der Waals surface area contributed by atoms with Gasteiger partial charge in [-0.25, -0.2) is 19.2 Å². The molecule has 0 saturated carbocycles. The van der Waals surface area contributed by atoms with E-state index in [0.29, 0.717) is 5.56 Å². The Morgan fingerprint density at radius 1 is 1.43 bits per heavy atom. The number of aromatic hydroxyl groups is 2. The number of phenolic OH excluding ortho intramolecular Hbond substituents is 2. The lowest BCUT2D eigenvalue weighted by atomic mass is 9.92. The molecule has 0 bridgehead atoms. The number of phenols is 2. The van der Waals surface area contributed by atoms with Crippen molar-refractivity contribution in [2.45, 2.75) is 37.1 Å². The molecular formula is C17H21N3O9S. The van der Waals surface area contributed by atoms with Crippen LogP contribution in [-0.2, 0) is 25.4 Å². The Morgan fingerprint density at radius 2 is 2.10 bits per heavy atom. The quantitative estimate of drug-likeness (QED) is 0.123. The maximum Gasteiger partial charge on any atom is 0.427 e. The highest BCUT2D eigenvalue weighted by Gasteiger charge is 2.54. The van der Waals surface area contributed by atoms with Crippen molar-refractivity contribution in [3.05, 3.63) is 23.8 Å². The summed E-state index contributed by atoms with van der Waals surface area (Å²) in [5.41, 5.74) is 2.31. The standard InChI is InChI=1S/C17H21N3O9S/c1-9-5-13(23)20(9)14(15(24)25)17(2,30(27)28)8-29-16(26)19-18-7-10-3-4-11(21)12(22)6-10/h3-4,6-7,9,14,21-22H,5,8H2,1-2H3,(H,19,26)(H,24,25)(H,27,28)/b18-7+/t9-,14+,17+/m1/s1. The van der Waals surface area contributed by atoms with Crippen molar-refractivity contribution in [1.82, 2.24) is 10.3 Å². The lowest BCUT2D eigenvalue weighted by Crippen LogP contribution is -2.68. The van der Waals surface area contributed by atoms with E-state index in [2.05, 4.69) is 5.10 Å². The molecule has 1 heterocycles. The third-order valence-corrected chi connectivity index (χ3v) is 5.72. The first kappa shape index (κ1) is 23.1. The normalized spacial score (nSPS) is 20.2. The zero-order valence-corrected chi connectivity index (χ0v) is 16.8. The van der Waals surface area contributed by atoms with Crippen LogP contribution in [0.5, 0.6) is 11.5 Å². The van der Waals surface area contributed by atoms with Crippen molar-refractivity contribution >= 4 is 35.3 Å². The first-order valence-electron chi connectivity index (χ1n) is 8.60. The second-order valence-electron chi connectivity index (χ2n) is 6.85. The minimum Gasteiger partial charge on any atom is -0.504 e. The van der Waals surface area contributed by atoms with Gasteiger partial charge >= 0.3 is 12.1 Å². The number of benzene rings is 1. The summed E-state index contributed by atoms with van der Waals surface area (Å²) in [6, 6.07) is 1.67. The molecule has 5 N–H and O–H groups in total. The van der Waals surface area contributed by atoms with Crippen LogP contribution in [0.25, 0.3) is 0 Å². The maximum absolute atomic E-state index is 11.9. The summed E-state index contributed by atoms with van der Waals surface area (Å²) in [4.78, 5) is 36.4. The summed E-state index contributed by atoms with van der Waals surface area (Å²) in [5.74, 6) is -2.72. The predicted octanol–water partition coefficient (Wildman–Crippen LogP) is 0.212. The van der Waals surface area contributed by atoms with Crippen LogP contribution in [0.15, 0.2) is 23.3 Å². The number of nitrogens with zero attached hydrogens (tertiary/aromatic N) is 2. The first-order chi connectivity index (χ1) is 14.0. The topological polar surface area (TPSA) is 186 Å². The fourth-order valence-electron chi connectivity index (χ4n) is 2.91. The molecule has 1 aromatic rings. The highest BCUT2D eigenvalue weighted by molar-refractivity contribution is 7.80. The van der Waals surface area contributed by atoms with Crippen LogP contribution in [-0.4, -0.2) is 76.6 Å². The largest absolute Gasteiger partial charge is 0.504 e. The zero-order valence-electron chi connectivity index (χ0n) is 16.0. The van der Waals surface area contributed by atoms with E-state index in [1.807, 2.05) is 5.43 Å². The van der Waals surface area contributed by atoms with Gasteiger partial charge in [0, 0.05) is 12.5 Å². The van der Waals surface area contributed by atoms with Crippen molar-refractivity contribution in [1.29, 1.82) is 0 Å². The average Bonchev–Trinajstić information content (AvgIpc) is 2.66. The molecule has 0 aliphatic carbocycles. The van der Waals surface area contributed by atoms with Crippen LogP contribution in [0, 0.1) is 0 Å². The van der Waals surface area contributed by atoms with Gasteiger partial charge in [-0.05, 0) is 37.6 Å². The van der Waals surface area contributed by atoms with Gasteiger partial charge in [0.05, 0.1) is 6.21 Å². The minimum atomic E-state index is -2.76. The van der Waals surface area contributed by atoms with Crippen LogP contribution in [0.4, 0.5) is 4.79 Å². The van der Waals surface area contributed by atoms with Gasteiger partial charge in [-0.2, -0.15) is 5.10 Å². The SMILES string of the molecule is C[C@@H]1CC(=O)N1[C@@H](C(=O)O)[C@](C)(COC(=O)N/N=C/c1ccc(O)c(O)c1)S(=O)O. The number of likely N-dealkylation sites (tertiary alicyclic amines) is 1. The lowest BCUT2D eigenvalue weighted by Gasteiger charge is -2.47. The summed E-state index contributed by atoms with van der Waals surface area (Å²) < 4.78 is 24.5. The van der Waals surface area contributed by atoms with E-state index >= 15 is 0 Å². The molecule has 0 spiro atoms. The highest BCUT2D eigenvalue weighted by atomic mass is 32.2. The van der Waals surface area contributed by atoms with Gasteiger partial charge in [-0.1, -0.05) is 0 Å². The van der Waals surface area contributed by atoms with Crippen LogP contribution in [0.2, 0.25) is 0 Å². The second-order valence-corrected chi connectivity index (χ2v) is 8.28. The zero-order chi connectivity index (χ0) is 22.6. The molecule has 2 amide bonds. The summed E-state index contributed by atoms with van der Waals surface area (Å²) in [6.07, 6.45) is 0.100. The number of ether oxygens (including phenoxy) is 1. The molecule has 1 aliphatic heterocycles. The monoisotopic (exact) mass is 443 g/mol. The lowest BCUT2D eigenvalue weighted by molar-refractivity contribution is -0.163.